The zero-order valence-corrected chi connectivity index (χ0v) is 10.6. The molecular formula is C12H19N5O. The molecule has 2 heterocycles. The van der Waals surface area contributed by atoms with Crippen molar-refractivity contribution in [2.24, 2.45) is 5.73 Å². The normalized spacial score (nSPS) is 16.8. The van der Waals surface area contributed by atoms with Crippen molar-refractivity contribution in [1.82, 2.24) is 10.2 Å². The average molecular weight is 249 g/mol. The Labute approximate surface area is 107 Å². The number of anilines is 1. The van der Waals surface area contributed by atoms with Crippen LogP contribution in [-0.2, 0) is 4.74 Å². The number of piperidine rings is 1. The molecule has 98 valence electrons. The molecule has 1 aliphatic heterocycles. The van der Waals surface area contributed by atoms with E-state index in [-0.39, 0.29) is 5.84 Å². The number of nitrogens with two attached hydrogens (primary N) is 1. The number of hydrogen-bond donors (Lipinski definition) is 2. The summed E-state index contributed by atoms with van der Waals surface area (Å²) >= 11 is 0. The van der Waals surface area contributed by atoms with Crippen LogP contribution in [0.1, 0.15) is 25.3 Å². The Morgan fingerprint density at radius 3 is 2.89 bits per heavy atom. The van der Waals surface area contributed by atoms with Crippen LogP contribution in [-0.4, -0.2) is 41.8 Å². The number of rotatable bonds is 4. The van der Waals surface area contributed by atoms with Gasteiger partial charge in [0.25, 0.3) is 0 Å². The van der Waals surface area contributed by atoms with E-state index in [9.17, 15) is 0 Å². The maximum Gasteiger partial charge on any atom is 0.162 e. The van der Waals surface area contributed by atoms with Gasteiger partial charge in [-0.15, -0.1) is 5.10 Å². The van der Waals surface area contributed by atoms with Gasteiger partial charge in [0.15, 0.2) is 5.82 Å². The third kappa shape index (κ3) is 2.76. The zero-order valence-electron chi connectivity index (χ0n) is 10.6. The summed E-state index contributed by atoms with van der Waals surface area (Å²) in [5, 5.41) is 15.6. The molecule has 3 N–H and O–H groups in total. The maximum atomic E-state index is 7.56. The number of aromatic nitrogens is 2. The summed E-state index contributed by atoms with van der Waals surface area (Å²) in [4.78, 5) is 2.12. The lowest BCUT2D eigenvalue weighted by Crippen LogP contribution is -2.38. The number of nitrogen functional groups attached to an aromatic ring is 1. The van der Waals surface area contributed by atoms with Gasteiger partial charge in [-0.05, 0) is 25.8 Å². The lowest BCUT2D eigenvalue weighted by Gasteiger charge is -2.33. The van der Waals surface area contributed by atoms with Gasteiger partial charge in [-0.25, -0.2) is 0 Å². The van der Waals surface area contributed by atoms with Crippen molar-refractivity contribution in [3.05, 3.63) is 17.8 Å². The number of ether oxygens (including phenoxy) is 1. The van der Waals surface area contributed by atoms with E-state index in [1.807, 2.05) is 6.92 Å². The fourth-order valence-corrected chi connectivity index (χ4v) is 2.24. The molecular weight excluding hydrogens is 230 g/mol. The first-order valence-corrected chi connectivity index (χ1v) is 6.25. The molecule has 1 aliphatic rings. The number of hydrogen-bond acceptors (Lipinski definition) is 5. The van der Waals surface area contributed by atoms with Crippen LogP contribution in [0.25, 0.3) is 0 Å². The highest BCUT2D eigenvalue weighted by molar-refractivity contribution is 5.99. The second kappa shape index (κ2) is 5.77. The third-order valence-electron chi connectivity index (χ3n) is 3.14. The van der Waals surface area contributed by atoms with E-state index in [4.69, 9.17) is 15.9 Å². The summed E-state index contributed by atoms with van der Waals surface area (Å²) in [6, 6.07) is 1.74. The molecule has 6 heteroatoms. The Kier molecular flexibility index (Phi) is 4.09. The fourth-order valence-electron chi connectivity index (χ4n) is 2.24. The zero-order chi connectivity index (χ0) is 13.0. The number of amidine groups is 1. The lowest BCUT2D eigenvalue weighted by atomic mass is 10.1. The van der Waals surface area contributed by atoms with Gasteiger partial charge in [0.2, 0.25) is 0 Å². The molecule has 1 fully saturated rings. The fraction of sp³-hybridized carbons (Fsp3) is 0.583. The van der Waals surface area contributed by atoms with E-state index >= 15 is 0 Å². The molecule has 0 bridgehead atoms. The van der Waals surface area contributed by atoms with E-state index in [2.05, 4.69) is 15.1 Å². The highest BCUT2D eigenvalue weighted by Crippen LogP contribution is 2.21. The van der Waals surface area contributed by atoms with Crippen LogP contribution in [0.3, 0.4) is 0 Å². The molecule has 1 saturated heterocycles. The summed E-state index contributed by atoms with van der Waals surface area (Å²) in [5.74, 6) is 0.742. The van der Waals surface area contributed by atoms with Crippen LogP contribution in [0.4, 0.5) is 5.82 Å². The van der Waals surface area contributed by atoms with E-state index < -0.39 is 0 Å². The van der Waals surface area contributed by atoms with Crippen molar-refractivity contribution in [3.8, 4) is 0 Å². The Bertz CT molecular complexity index is 415. The van der Waals surface area contributed by atoms with Crippen molar-refractivity contribution in [2.75, 3.05) is 24.6 Å². The molecule has 0 unspecified atom stereocenters. The lowest BCUT2D eigenvalue weighted by molar-refractivity contribution is 0.0458. The monoisotopic (exact) mass is 249 g/mol. The van der Waals surface area contributed by atoms with Gasteiger partial charge in [-0.1, -0.05) is 0 Å². The van der Waals surface area contributed by atoms with Crippen molar-refractivity contribution in [2.45, 2.75) is 25.9 Å². The largest absolute Gasteiger partial charge is 0.384 e. The predicted molar refractivity (Wildman–Crippen MR) is 69.9 cm³/mol. The molecule has 0 amide bonds. The van der Waals surface area contributed by atoms with E-state index in [0.717, 1.165) is 32.5 Å². The number of nitrogens with zero attached hydrogens (tertiary/aromatic N) is 3. The van der Waals surface area contributed by atoms with E-state index in [0.29, 0.717) is 17.5 Å². The van der Waals surface area contributed by atoms with E-state index in [1.165, 1.54) is 0 Å². The predicted octanol–water partition coefficient (Wildman–Crippen LogP) is 0.766. The first-order valence-electron chi connectivity index (χ1n) is 6.25. The molecule has 0 saturated carbocycles. The summed E-state index contributed by atoms with van der Waals surface area (Å²) in [6.07, 6.45) is 3.85. The minimum atomic E-state index is 0.0341. The Morgan fingerprint density at radius 1 is 1.56 bits per heavy atom. The highest BCUT2D eigenvalue weighted by Gasteiger charge is 2.22. The van der Waals surface area contributed by atoms with Gasteiger partial charge < -0.3 is 15.4 Å². The van der Waals surface area contributed by atoms with Gasteiger partial charge in [0.05, 0.1) is 17.9 Å². The minimum absolute atomic E-state index is 0.0341. The molecule has 1 aromatic heterocycles. The summed E-state index contributed by atoms with van der Waals surface area (Å²) in [6.45, 7) is 4.50. The Balaban J connectivity index is 2.07. The van der Waals surface area contributed by atoms with Gasteiger partial charge in [-0.3, -0.25) is 5.41 Å². The van der Waals surface area contributed by atoms with Gasteiger partial charge >= 0.3 is 0 Å². The van der Waals surface area contributed by atoms with Crippen molar-refractivity contribution in [3.63, 3.8) is 0 Å². The van der Waals surface area contributed by atoms with Crippen LogP contribution in [0.2, 0.25) is 0 Å². The molecule has 2 rings (SSSR count). The summed E-state index contributed by atoms with van der Waals surface area (Å²) < 4.78 is 5.62. The molecule has 0 radical (unpaired) electrons. The second-order valence-corrected chi connectivity index (χ2v) is 4.32. The highest BCUT2D eigenvalue weighted by atomic mass is 16.5. The maximum absolute atomic E-state index is 7.56. The quantitative estimate of drug-likeness (QED) is 0.607. The van der Waals surface area contributed by atoms with E-state index in [1.54, 1.807) is 12.3 Å². The Hall–Kier alpha value is -1.69. The summed E-state index contributed by atoms with van der Waals surface area (Å²) in [7, 11) is 0. The molecule has 6 nitrogen and oxygen atoms in total. The van der Waals surface area contributed by atoms with Gasteiger partial charge in [0.1, 0.15) is 5.84 Å². The SMILES string of the molecule is CCOC1CCN(c2nnccc2C(=N)N)CC1. The standard InChI is InChI=1S/C12H19N5O/c1-2-18-9-4-7-17(8-5-9)12-10(11(13)14)3-6-15-16-12/h3,6,9H,2,4-5,7-8H2,1H3,(H3,13,14). The smallest absolute Gasteiger partial charge is 0.162 e. The molecule has 18 heavy (non-hydrogen) atoms. The number of nitrogens with one attached hydrogen (secondary N) is 1. The van der Waals surface area contributed by atoms with Crippen LogP contribution in [0.15, 0.2) is 12.3 Å². The van der Waals surface area contributed by atoms with Gasteiger partial charge in [-0.2, -0.15) is 5.10 Å². The topological polar surface area (TPSA) is 88.1 Å². The van der Waals surface area contributed by atoms with Crippen LogP contribution in [0.5, 0.6) is 0 Å². The average Bonchev–Trinajstić information content (AvgIpc) is 2.40. The van der Waals surface area contributed by atoms with Crippen LogP contribution in [0, 0.1) is 5.41 Å². The van der Waals surface area contributed by atoms with Crippen LogP contribution >= 0.6 is 0 Å². The van der Waals surface area contributed by atoms with Crippen molar-refractivity contribution >= 4 is 11.7 Å². The Morgan fingerprint density at radius 2 is 2.28 bits per heavy atom. The minimum Gasteiger partial charge on any atom is -0.384 e. The molecule has 1 aromatic rings. The third-order valence-corrected chi connectivity index (χ3v) is 3.14. The molecule has 0 aromatic carbocycles. The molecule has 0 spiro atoms. The first-order chi connectivity index (χ1) is 8.72. The first kappa shape index (κ1) is 12.8. The summed E-state index contributed by atoms with van der Waals surface area (Å²) in [5.41, 5.74) is 6.21. The van der Waals surface area contributed by atoms with Crippen molar-refractivity contribution in [1.29, 1.82) is 5.41 Å². The van der Waals surface area contributed by atoms with Gasteiger partial charge in [0, 0.05) is 19.7 Å². The van der Waals surface area contributed by atoms with Crippen molar-refractivity contribution < 1.29 is 4.74 Å². The molecule has 0 atom stereocenters. The second-order valence-electron chi connectivity index (χ2n) is 4.32. The van der Waals surface area contributed by atoms with Crippen LogP contribution < -0.4 is 10.6 Å². The molecule has 0 aliphatic carbocycles.